The van der Waals surface area contributed by atoms with Crippen LogP contribution in [0.4, 0.5) is 0 Å². The number of aryl methyl sites for hydroxylation is 1. The van der Waals surface area contributed by atoms with Crippen LogP contribution in [0.15, 0.2) is 48.5 Å². The van der Waals surface area contributed by atoms with E-state index in [-0.39, 0.29) is 5.97 Å². The number of rotatable bonds is 7. The van der Waals surface area contributed by atoms with Crippen LogP contribution >= 0.6 is 0 Å². The first-order valence-electron chi connectivity index (χ1n) is 8.84. The van der Waals surface area contributed by atoms with Gasteiger partial charge in [0.05, 0.1) is 19.2 Å². The van der Waals surface area contributed by atoms with E-state index in [1.807, 2.05) is 30.3 Å². The zero-order valence-corrected chi connectivity index (χ0v) is 15.8. The summed E-state index contributed by atoms with van der Waals surface area (Å²) in [5.74, 6) is 1.41. The maximum Gasteiger partial charge on any atom is 0.338 e. The van der Waals surface area contributed by atoms with Gasteiger partial charge in [0.2, 0.25) is 0 Å². The summed E-state index contributed by atoms with van der Waals surface area (Å²) in [6, 6.07) is 15.6. The van der Waals surface area contributed by atoms with Crippen LogP contribution in [0.5, 0.6) is 0 Å². The minimum absolute atomic E-state index is 0.337. The van der Waals surface area contributed by atoms with Crippen molar-refractivity contribution in [1.29, 1.82) is 0 Å². The highest BCUT2D eigenvalue weighted by atomic mass is 16.5. The highest BCUT2D eigenvalue weighted by molar-refractivity contribution is 5.97. The Hall–Kier alpha value is -2.99. The van der Waals surface area contributed by atoms with Gasteiger partial charge in [-0.2, -0.15) is 0 Å². The van der Waals surface area contributed by atoms with Crippen LogP contribution in [-0.2, 0) is 29.0 Å². The number of hydrogen-bond donors (Lipinski definition) is 0. The van der Waals surface area contributed by atoms with Gasteiger partial charge in [0, 0.05) is 13.5 Å². The molecule has 0 saturated carbocycles. The van der Waals surface area contributed by atoms with E-state index in [2.05, 4.69) is 33.8 Å². The fourth-order valence-corrected chi connectivity index (χ4v) is 3.05. The molecule has 0 saturated heterocycles. The number of carbonyl (C=O) groups excluding carboxylic acids is 1. The summed E-state index contributed by atoms with van der Waals surface area (Å²) in [6.07, 6.45) is 0.807. The number of benzene rings is 2. The van der Waals surface area contributed by atoms with Crippen molar-refractivity contribution in [1.82, 2.24) is 14.8 Å². The molecule has 0 unspecified atom stereocenters. The van der Waals surface area contributed by atoms with E-state index in [0.29, 0.717) is 18.7 Å². The van der Waals surface area contributed by atoms with E-state index in [4.69, 9.17) is 9.47 Å². The Morgan fingerprint density at radius 2 is 1.70 bits per heavy atom. The highest BCUT2D eigenvalue weighted by Gasteiger charge is 2.14. The first-order valence-corrected chi connectivity index (χ1v) is 8.84. The van der Waals surface area contributed by atoms with Crippen molar-refractivity contribution in [3.05, 3.63) is 71.3 Å². The van der Waals surface area contributed by atoms with Gasteiger partial charge >= 0.3 is 5.97 Å². The van der Waals surface area contributed by atoms with Crippen molar-refractivity contribution in [3.63, 3.8) is 0 Å². The van der Waals surface area contributed by atoms with Gasteiger partial charge in [0.15, 0.2) is 5.82 Å². The molecule has 0 aliphatic carbocycles. The van der Waals surface area contributed by atoms with Crippen LogP contribution in [0.1, 0.15) is 34.5 Å². The third-order valence-corrected chi connectivity index (χ3v) is 4.43. The molecule has 0 aliphatic rings. The predicted octanol–water partition coefficient (Wildman–Crippen LogP) is 3.49. The molecule has 6 heteroatoms. The lowest BCUT2D eigenvalue weighted by Crippen LogP contribution is -2.09. The Labute approximate surface area is 158 Å². The number of nitrogens with zero attached hydrogens (tertiary/aromatic N) is 3. The summed E-state index contributed by atoms with van der Waals surface area (Å²) in [4.78, 5) is 12.0. The minimum Gasteiger partial charge on any atom is -0.465 e. The Kier molecular flexibility index (Phi) is 5.98. The van der Waals surface area contributed by atoms with Gasteiger partial charge in [-0.3, -0.25) is 0 Å². The van der Waals surface area contributed by atoms with E-state index >= 15 is 0 Å². The van der Waals surface area contributed by atoms with Gasteiger partial charge in [-0.05, 0) is 22.8 Å². The second kappa shape index (κ2) is 8.60. The molecule has 3 rings (SSSR count). The van der Waals surface area contributed by atoms with Gasteiger partial charge in [-0.25, -0.2) is 4.79 Å². The smallest absolute Gasteiger partial charge is 0.338 e. The minimum atomic E-state index is -0.337. The Balaban J connectivity index is 1.88. The summed E-state index contributed by atoms with van der Waals surface area (Å²) in [5, 5.41) is 8.45. The number of hydrogen-bond acceptors (Lipinski definition) is 5. The first-order chi connectivity index (χ1) is 13.2. The molecular formula is C21H23N3O3. The molecule has 0 N–H and O–H groups in total. The molecular weight excluding hydrogens is 342 g/mol. The van der Waals surface area contributed by atoms with Gasteiger partial charge in [-0.15, -0.1) is 10.2 Å². The summed E-state index contributed by atoms with van der Waals surface area (Å²) in [5.41, 5.74) is 3.51. The maximum absolute atomic E-state index is 12.0. The Morgan fingerprint density at radius 3 is 2.37 bits per heavy atom. The number of esters is 1. The Morgan fingerprint density at radius 1 is 1.00 bits per heavy atom. The van der Waals surface area contributed by atoms with Crippen LogP contribution in [0.2, 0.25) is 0 Å². The average Bonchev–Trinajstić information content (AvgIpc) is 3.09. The van der Waals surface area contributed by atoms with Gasteiger partial charge in [0.25, 0.3) is 0 Å². The molecule has 0 spiro atoms. The number of carbonyl (C=O) groups is 1. The zero-order chi connectivity index (χ0) is 19.2. The quantitative estimate of drug-likeness (QED) is 0.600. The second-order valence-electron chi connectivity index (χ2n) is 6.14. The lowest BCUT2D eigenvalue weighted by molar-refractivity contribution is 0.0601. The highest BCUT2D eigenvalue weighted by Crippen LogP contribution is 2.25. The van der Waals surface area contributed by atoms with Crippen LogP contribution in [0.3, 0.4) is 0 Å². The fourth-order valence-electron chi connectivity index (χ4n) is 3.05. The third-order valence-electron chi connectivity index (χ3n) is 4.43. The molecule has 140 valence electrons. The normalized spacial score (nSPS) is 10.8. The van der Waals surface area contributed by atoms with Crippen molar-refractivity contribution in [2.24, 2.45) is 0 Å². The second-order valence-corrected chi connectivity index (χ2v) is 6.14. The molecule has 3 aromatic rings. The number of ether oxygens (including phenoxy) is 2. The number of aromatic nitrogens is 3. The molecule has 27 heavy (non-hydrogen) atoms. The number of methoxy groups -OCH3 is 2. The van der Waals surface area contributed by atoms with Gasteiger partial charge < -0.3 is 14.0 Å². The van der Waals surface area contributed by atoms with Crippen LogP contribution < -0.4 is 0 Å². The molecule has 1 aromatic heterocycles. The topological polar surface area (TPSA) is 66.2 Å². The molecule has 0 fully saturated rings. The summed E-state index contributed by atoms with van der Waals surface area (Å²) < 4.78 is 12.2. The molecule has 0 aliphatic heterocycles. The van der Waals surface area contributed by atoms with Crippen molar-refractivity contribution in [2.45, 2.75) is 26.5 Å². The lowest BCUT2D eigenvalue weighted by atomic mass is 9.98. The lowest BCUT2D eigenvalue weighted by Gasteiger charge is -2.11. The van der Waals surface area contributed by atoms with Gasteiger partial charge in [0.1, 0.15) is 12.4 Å². The molecule has 0 amide bonds. The average molecular weight is 365 g/mol. The zero-order valence-electron chi connectivity index (χ0n) is 15.8. The van der Waals surface area contributed by atoms with E-state index in [1.165, 1.54) is 7.11 Å². The molecule has 0 atom stereocenters. The molecule has 0 bridgehead atoms. The SMILES string of the molecule is CCc1nnc(COC)n1Cc1ccc(-c2ccccc2C(=O)OC)cc1. The van der Waals surface area contributed by atoms with E-state index in [9.17, 15) is 4.79 Å². The van der Waals surface area contributed by atoms with Crippen molar-refractivity contribution in [2.75, 3.05) is 14.2 Å². The van der Waals surface area contributed by atoms with Crippen molar-refractivity contribution in [3.8, 4) is 11.1 Å². The first kappa shape index (κ1) is 18.8. The van der Waals surface area contributed by atoms with Crippen LogP contribution in [-0.4, -0.2) is 35.0 Å². The van der Waals surface area contributed by atoms with Crippen molar-refractivity contribution < 1.29 is 14.3 Å². The van der Waals surface area contributed by atoms with Gasteiger partial charge in [-0.1, -0.05) is 49.4 Å². The standard InChI is InChI=1S/C21H23N3O3/c1-4-19-22-23-20(14-26-2)24(19)13-15-9-11-16(12-10-15)17-7-5-6-8-18(17)21(25)27-3/h5-12H,4,13-14H2,1-3H3. The largest absolute Gasteiger partial charge is 0.465 e. The summed E-state index contributed by atoms with van der Waals surface area (Å²) in [7, 11) is 3.04. The molecule has 6 nitrogen and oxygen atoms in total. The predicted molar refractivity (Wildman–Crippen MR) is 102 cm³/mol. The van der Waals surface area contributed by atoms with Crippen LogP contribution in [0, 0.1) is 0 Å². The molecule has 2 aromatic carbocycles. The monoisotopic (exact) mass is 365 g/mol. The van der Waals surface area contributed by atoms with Crippen LogP contribution in [0.25, 0.3) is 11.1 Å². The van der Waals surface area contributed by atoms with Crippen molar-refractivity contribution >= 4 is 5.97 Å². The van der Waals surface area contributed by atoms with E-state index in [1.54, 1.807) is 13.2 Å². The maximum atomic E-state index is 12.0. The fraction of sp³-hybridized carbons (Fsp3) is 0.286. The van der Waals surface area contributed by atoms with E-state index < -0.39 is 0 Å². The summed E-state index contributed by atoms with van der Waals surface area (Å²) in [6.45, 7) is 3.16. The molecule has 1 heterocycles. The summed E-state index contributed by atoms with van der Waals surface area (Å²) >= 11 is 0. The molecule has 0 radical (unpaired) electrons. The third kappa shape index (κ3) is 4.06. The van der Waals surface area contributed by atoms with E-state index in [0.717, 1.165) is 34.8 Å². The Bertz CT molecular complexity index is 917.